The summed E-state index contributed by atoms with van der Waals surface area (Å²) in [6.45, 7) is 2.55. The van der Waals surface area contributed by atoms with Gasteiger partial charge in [0.1, 0.15) is 18.2 Å². The van der Waals surface area contributed by atoms with Crippen molar-refractivity contribution >= 4 is 34.0 Å². The summed E-state index contributed by atoms with van der Waals surface area (Å²) in [5, 5.41) is 4.20. The molecule has 0 atom stereocenters. The van der Waals surface area contributed by atoms with Crippen LogP contribution in [-0.4, -0.2) is 24.2 Å². The van der Waals surface area contributed by atoms with Gasteiger partial charge in [-0.1, -0.05) is 35.9 Å². The van der Waals surface area contributed by atoms with Gasteiger partial charge in [0.2, 0.25) is 5.28 Å². The lowest BCUT2D eigenvalue weighted by Gasteiger charge is -2.13. The van der Waals surface area contributed by atoms with Gasteiger partial charge in [0.05, 0.1) is 19.7 Å². The standard InChI is InChI=1S/C24H22ClN3O3/c1-15-7-9-16(10-8-15)14-31-18-6-4-5-17(11-18)26-23-19-12-21(29-2)22(30-3)13-20(19)27-24(25)28-23/h4-13H,14H2,1-3H3,(H,26,27,28). The van der Waals surface area contributed by atoms with Gasteiger partial charge in [0, 0.05) is 23.2 Å². The highest BCUT2D eigenvalue weighted by atomic mass is 35.5. The summed E-state index contributed by atoms with van der Waals surface area (Å²) in [4.78, 5) is 8.67. The first-order chi connectivity index (χ1) is 15.1. The van der Waals surface area contributed by atoms with Gasteiger partial charge in [-0.25, -0.2) is 4.98 Å². The third-order valence-electron chi connectivity index (χ3n) is 4.80. The molecule has 3 aromatic carbocycles. The van der Waals surface area contributed by atoms with Gasteiger partial charge in [0.25, 0.3) is 0 Å². The molecule has 0 saturated carbocycles. The molecule has 1 heterocycles. The summed E-state index contributed by atoms with van der Waals surface area (Å²) < 4.78 is 16.7. The zero-order valence-corrected chi connectivity index (χ0v) is 18.2. The number of benzene rings is 3. The fourth-order valence-corrected chi connectivity index (χ4v) is 3.35. The molecule has 0 aliphatic rings. The molecule has 0 saturated heterocycles. The molecule has 31 heavy (non-hydrogen) atoms. The van der Waals surface area contributed by atoms with E-state index in [2.05, 4.69) is 46.5 Å². The molecule has 0 aliphatic heterocycles. The average Bonchev–Trinajstić information content (AvgIpc) is 2.78. The molecule has 0 amide bonds. The molecular weight excluding hydrogens is 414 g/mol. The Balaban J connectivity index is 1.60. The predicted octanol–water partition coefficient (Wildman–Crippen LogP) is 5.93. The Kier molecular flexibility index (Phi) is 6.09. The van der Waals surface area contributed by atoms with Crippen LogP contribution in [0.5, 0.6) is 17.2 Å². The summed E-state index contributed by atoms with van der Waals surface area (Å²) in [6.07, 6.45) is 0. The third-order valence-corrected chi connectivity index (χ3v) is 4.97. The van der Waals surface area contributed by atoms with Crippen molar-refractivity contribution in [2.75, 3.05) is 19.5 Å². The number of ether oxygens (including phenoxy) is 3. The number of aryl methyl sites for hydroxylation is 1. The summed E-state index contributed by atoms with van der Waals surface area (Å²) in [5.41, 5.74) is 3.79. The van der Waals surface area contributed by atoms with Crippen LogP contribution in [0.25, 0.3) is 10.9 Å². The highest BCUT2D eigenvalue weighted by Crippen LogP contribution is 2.35. The van der Waals surface area contributed by atoms with Crippen LogP contribution in [-0.2, 0) is 6.61 Å². The Bertz CT molecular complexity index is 1210. The Morgan fingerprint density at radius 2 is 1.65 bits per heavy atom. The summed E-state index contributed by atoms with van der Waals surface area (Å²) in [6, 6.07) is 19.5. The second-order valence-electron chi connectivity index (χ2n) is 6.99. The molecule has 4 rings (SSSR count). The second-order valence-corrected chi connectivity index (χ2v) is 7.33. The van der Waals surface area contributed by atoms with E-state index in [0.717, 1.165) is 22.4 Å². The van der Waals surface area contributed by atoms with Gasteiger partial charge in [-0.05, 0) is 42.3 Å². The first-order valence-corrected chi connectivity index (χ1v) is 10.1. The van der Waals surface area contributed by atoms with E-state index in [0.29, 0.717) is 29.4 Å². The highest BCUT2D eigenvalue weighted by molar-refractivity contribution is 6.28. The first-order valence-electron chi connectivity index (χ1n) is 9.70. The van der Waals surface area contributed by atoms with Crippen molar-refractivity contribution in [2.24, 2.45) is 0 Å². The summed E-state index contributed by atoms with van der Waals surface area (Å²) >= 11 is 6.16. The Morgan fingerprint density at radius 1 is 0.903 bits per heavy atom. The van der Waals surface area contributed by atoms with Crippen molar-refractivity contribution in [2.45, 2.75) is 13.5 Å². The van der Waals surface area contributed by atoms with Crippen LogP contribution in [0.2, 0.25) is 5.28 Å². The molecule has 1 aromatic heterocycles. The van der Waals surface area contributed by atoms with E-state index in [1.54, 1.807) is 20.3 Å². The van der Waals surface area contributed by atoms with Gasteiger partial charge in [-0.15, -0.1) is 0 Å². The van der Waals surface area contributed by atoms with Gasteiger partial charge < -0.3 is 19.5 Å². The second kappa shape index (κ2) is 9.10. The van der Waals surface area contributed by atoms with Crippen LogP contribution in [0.15, 0.2) is 60.7 Å². The summed E-state index contributed by atoms with van der Waals surface area (Å²) in [7, 11) is 3.16. The SMILES string of the molecule is COc1cc2nc(Cl)nc(Nc3cccc(OCc4ccc(C)cc4)c3)c2cc1OC. The van der Waals surface area contributed by atoms with Crippen LogP contribution < -0.4 is 19.5 Å². The molecule has 0 unspecified atom stereocenters. The van der Waals surface area contributed by atoms with Gasteiger partial charge in [0.15, 0.2) is 11.5 Å². The van der Waals surface area contributed by atoms with Gasteiger partial charge >= 0.3 is 0 Å². The number of nitrogens with zero attached hydrogens (tertiary/aromatic N) is 2. The van der Waals surface area contributed by atoms with Crippen LogP contribution in [0.1, 0.15) is 11.1 Å². The lowest BCUT2D eigenvalue weighted by molar-refractivity contribution is 0.306. The Morgan fingerprint density at radius 3 is 2.39 bits per heavy atom. The average molecular weight is 436 g/mol. The van der Waals surface area contributed by atoms with Crippen LogP contribution in [0, 0.1) is 6.92 Å². The van der Waals surface area contributed by atoms with Crippen molar-refractivity contribution in [3.05, 3.63) is 77.1 Å². The summed E-state index contributed by atoms with van der Waals surface area (Å²) in [5.74, 6) is 2.46. The molecule has 158 valence electrons. The molecule has 0 bridgehead atoms. The minimum atomic E-state index is 0.133. The largest absolute Gasteiger partial charge is 0.493 e. The van der Waals surface area contributed by atoms with E-state index in [1.165, 1.54) is 5.56 Å². The number of methoxy groups -OCH3 is 2. The lowest BCUT2D eigenvalue weighted by atomic mass is 10.2. The first kappa shape index (κ1) is 20.8. The molecule has 0 radical (unpaired) electrons. The molecule has 6 nitrogen and oxygen atoms in total. The maximum Gasteiger partial charge on any atom is 0.224 e. The Labute approximate surface area is 185 Å². The number of fused-ring (bicyclic) bond motifs is 1. The molecular formula is C24H22ClN3O3. The van der Waals surface area contributed by atoms with Crippen molar-refractivity contribution in [3.63, 3.8) is 0 Å². The molecule has 0 fully saturated rings. The molecule has 0 aliphatic carbocycles. The van der Waals surface area contributed by atoms with Crippen molar-refractivity contribution < 1.29 is 14.2 Å². The number of hydrogen-bond donors (Lipinski definition) is 1. The van der Waals surface area contributed by atoms with E-state index < -0.39 is 0 Å². The van der Waals surface area contributed by atoms with Crippen molar-refractivity contribution in [1.82, 2.24) is 9.97 Å². The van der Waals surface area contributed by atoms with Crippen LogP contribution >= 0.6 is 11.6 Å². The van der Waals surface area contributed by atoms with E-state index in [1.807, 2.05) is 30.3 Å². The third kappa shape index (κ3) is 4.81. The number of nitrogens with one attached hydrogen (secondary N) is 1. The number of anilines is 2. The van der Waals surface area contributed by atoms with Crippen LogP contribution in [0.4, 0.5) is 11.5 Å². The lowest BCUT2D eigenvalue weighted by Crippen LogP contribution is -2.00. The molecule has 4 aromatic rings. The fourth-order valence-electron chi connectivity index (χ4n) is 3.17. The molecule has 1 N–H and O–H groups in total. The maximum atomic E-state index is 6.16. The molecule has 7 heteroatoms. The number of rotatable bonds is 7. The van der Waals surface area contributed by atoms with Gasteiger partial charge in [-0.3, -0.25) is 0 Å². The van der Waals surface area contributed by atoms with Gasteiger partial charge in [-0.2, -0.15) is 4.98 Å². The predicted molar refractivity (Wildman–Crippen MR) is 123 cm³/mol. The van der Waals surface area contributed by atoms with E-state index in [-0.39, 0.29) is 5.28 Å². The number of aromatic nitrogens is 2. The number of hydrogen-bond acceptors (Lipinski definition) is 6. The Hall–Kier alpha value is -3.51. The smallest absolute Gasteiger partial charge is 0.224 e. The monoisotopic (exact) mass is 435 g/mol. The normalized spacial score (nSPS) is 10.7. The van der Waals surface area contributed by atoms with Crippen molar-refractivity contribution in [3.8, 4) is 17.2 Å². The minimum Gasteiger partial charge on any atom is -0.493 e. The number of halogens is 1. The quantitative estimate of drug-likeness (QED) is 0.363. The molecule has 0 spiro atoms. The van der Waals surface area contributed by atoms with Crippen molar-refractivity contribution in [1.29, 1.82) is 0 Å². The van der Waals surface area contributed by atoms with E-state index in [9.17, 15) is 0 Å². The zero-order chi connectivity index (χ0) is 21.8. The minimum absolute atomic E-state index is 0.133. The fraction of sp³-hybridized carbons (Fsp3) is 0.167. The highest BCUT2D eigenvalue weighted by Gasteiger charge is 2.13. The van der Waals surface area contributed by atoms with Crippen LogP contribution in [0.3, 0.4) is 0 Å². The maximum absolute atomic E-state index is 6.16. The van der Waals surface area contributed by atoms with E-state index in [4.69, 9.17) is 25.8 Å². The topological polar surface area (TPSA) is 65.5 Å². The van der Waals surface area contributed by atoms with E-state index >= 15 is 0 Å². The zero-order valence-electron chi connectivity index (χ0n) is 17.5.